The van der Waals surface area contributed by atoms with Crippen molar-refractivity contribution in [2.75, 3.05) is 12.3 Å². The van der Waals surface area contributed by atoms with Crippen LogP contribution >= 0.6 is 0 Å². The maximum Gasteiger partial charge on any atom is 0.112 e. The zero-order valence-corrected chi connectivity index (χ0v) is 13.0. The molecular weight excluding hydrogens is 262 g/mol. The van der Waals surface area contributed by atoms with Gasteiger partial charge < -0.3 is 15.4 Å². The molecule has 1 fully saturated rings. The lowest BCUT2D eigenvalue weighted by molar-refractivity contribution is 0.111. The molecule has 0 spiro atoms. The molecule has 0 saturated heterocycles. The van der Waals surface area contributed by atoms with Crippen molar-refractivity contribution in [1.82, 2.24) is 9.55 Å². The van der Waals surface area contributed by atoms with E-state index in [4.69, 9.17) is 10.7 Å². The maximum atomic E-state index is 9.91. The Morgan fingerprint density at radius 1 is 1.33 bits per heavy atom. The lowest BCUT2D eigenvalue weighted by atomic mass is 9.87. The van der Waals surface area contributed by atoms with Crippen LogP contribution in [0.3, 0.4) is 0 Å². The van der Waals surface area contributed by atoms with E-state index in [-0.39, 0.29) is 12.0 Å². The fourth-order valence-corrected chi connectivity index (χ4v) is 3.60. The first kappa shape index (κ1) is 14.4. The highest BCUT2D eigenvalue weighted by atomic mass is 16.3. The van der Waals surface area contributed by atoms with Crippen LogP contribution in [0.25, 0.3) is 11.0 Å². The molecule has 0 unspecified atom stereocenters. The van der Waals surface area contributed by atoms with Crippen LogP contribution in [-0.2, 0) is 6.54 Å². The second kappa shape index (κ2) is 5.34. The zero-order chi connectivity index (χ0) is 15.0. The molecule has 2 aromatic rings. The van der Waals surface area contributed by atoms with Gasteiger partial charge in [0.25, 0.3) is 0 Å². The summed E-state index contributed by atoms with van der Waals surface area (Å²) in [6, 6.07) is 5.94. The molecule has 0 bridgehead atoms. The molecule has 21 heavy (non-hydrogen) atoms. The number of nitrogen functional groups attached to an aromatic ring is 1. The van der Waals surface area contributed by atoms with Crippen LogP contribution in [0.15, 0.2) is 18.2 Å². The molecule has 1 aliphatic rings. The lowest BCUT2D eigenvalue weighted by Crippen LogP contribution is -2.28. The maximum absolute atomic E-state index is 9.91. The SMILES string of the molecule is CC(C)c1nc2cc(N)ccc2n1CC1(CO)CCCC1. The summed E-state index contributed by atoms with van der Waals surface area (Å²) in [5.74, 6) is 1.45. The van der Waals surface area contributed by atoms with Crippen LogP contribution in [0, 0.1) is 5.41 Å². The Kier molecular flexibility index (Phi) is 3.66. The lowest BCUT2D eigenvalue weighted by Gasteiger charge is -2.28. The number of aliphatic hydroxyl groups excluding tert-OH is 1. The Morgan fingerprint density at radius 3 is 2.67 bits per heavy atom. The Balaban J connectivity index is 2.09. The van der Waals surface area contributed by atoms with Gasteiger partial charge in [0.15, 0.2) is 0 Å². The third-order valence-electron chi connectivity index (χ3n) is 4.81. The molecule has 1 aromatic heterocycles. The number of aliphatic hydroxyl groups is 1. The first-order valence-corrected chi connectivity index (χ1v) is 7.91. The minimum Gasteiger partial charge on any atom is -0.399 e. The molecule has 1 heterocycles. The van der Waals surface area contributed by atoms with E-state index in [1.165, 1.54) is 12.8 Å². The van der Waals surface area contributed by atoms with E-state index < -0.39 is 0 Å². The highest BCUT2D eigenvalue weighted by molar-refractivity contribution is 5.79. The van der Waals surface area contributed by atoms with Gasteiger partial charge in [-0.2, -0.15) is 0 Å². The summed E-state index contributed by atoms with van der Waals surface area (Å²) in [5.41, 5.74) is 8.76. The molecule has 0 radical (unpaired) electrons. The topological polar surface area (TPSA) is 64.1 Å². The predicted molar refractivity (Wildman–Crippen MR) is 86.2 cm³/mol. The fraction of sp³-hybridized carbons (Fsp3) is 0.588. The van der Waals surface area contributed by atoms with Crippen molar-refractivity contribution in [1.29, 1.82) is 0 Å². The zero-order valence-electron chi connectivity index (χ0n) is 13.0. The van der Waals surface area contributed by atoms with Crippen molar-refractivity contribution in [3.8, 4) is 0 Å². The summed E-state index contributed by atoms with van der Waals surface area (Å²) >= 11 is 0. The van der Waals surface area contributed by atoms with Crippen molar-refractivity contribution in [3.63, 3.8) is 0 Å². The number of anilines is 1. The van der Waals surface area contributed by atoms with Crippen LogP contribution in [0.4, 0.5) is 5.69 Å². The molecule has 0 atom stereocenters. The number of benzene rings is 1. The van der Waals surface area contributed by atoms with Gasteiger partial charge in [-0.25, -0.2) is 4.98 Å². The number of aromatic nitrogens is 2. The van der Waals surface area contributed by atoms with Crippen LogP contribution in [0.2, 0.25) is 0 Å². The van der Waals surface area contributed by atoms with E-state index in [0.717, 1.165) is 41.9 Å². The third kappa shape index (κ3) is 2.53. The fourth-order valence-electron chi connectivity index (χ4n) is 3.60. The van der Waals surface area contributed by atoms with Crippen molar-refractivity contribution in [3.05, 3.63) is 24.0 Å². The Hall–Kier alpha value is -1.55. The number of rotatable bonds is 4. The highest BCUT2D eigenvalue weighted by Crippen LogP contribution is 2.40. The summed E-state index contributed by atoms with van der Waals surface area (Å²) in [6.07, 6.45) is 4.65. The van der Waals surface area contributed by atoms with Gasteiger partial charge in [0.1, 0.15) is 5.82 Å². The van der Waals surface area contributed by atoms with E-state index in [0.29, 0.717) is 5.92 Å². The molecular formula is C17H25N3O. The van der Waals surface area contributed by atoms with Gasteiger partial charge in [0, 0.05) is 23.6 Å². The molecule has 4 heteroatoms. The summed E-state index contributed by atoms with van der Waals surface area (Å²) < 4.78 is 2.31. The number of hydrogen-bond acceptors (Lipinski definition) is 3. The van der Waals surface area contributed by atoms with Gasteiger partial charge in [0.2, 0.25) is 0 Å². The van der Waals surface area contributed by atoms with Crippen LogP contribution < -0.4 is 5.73 Å². The van der Waals surface area contributed by atoms with Gasteiger partial charge in [-0.3, -0.25) is 0 Å². The molecule has 114 valence electrons. The Labute approximate surface area is 126 Å². The normalized spacial score (nSPS) is 17.9. The summed E-state index contributed by atoms with van der Waals surface area (Å²) in [4.78, 5) is 4.78. The minimum absolute atomic E-state index is 0.0264. The number of fused-ring (bicyclic) bond motifs is 1. The van der Waals surface area contributed by atoms with Crippen molar-refractivity contribution in [2.24, 2.45) is 5.41 Å². The molecule has 0 aliphatic heterocycles. The quantitative estimate of drug-likeness (QED) is 0.848. The molecule has 4 nitrogen and oxygen atoms in total. The smallest absolute Gasteiger partial charge is 0.112 e. The van der Waals surface area contributed by atoms with Crippen molar-refractivity contribution < 1.29 is 5.11 Å². The van der Waals surface area contributed by atoms with Crippen LogP contribution in [-0.4, -0.2) is 21.3 Å². The van der Waals surface area contributed by atoms with E-state index in [1.807, 2.05) is 12.1 Å². The second-order valence-electron chi connectivity index (χ2n) is 6.82. The van der Waals surface area contributed by atoms with Gasteiger partial charge in [0.05, 0.1) is 17.6 Å². The minimum atomic E-state index is 0.0264. The monoisotopic (exact) mass is 287 g/mol. The first-order valence-electron chi connectivity index (χ1n) is 7.91. The Bertz CT molecular complexity index is 639. The van der Waals surface area contributed by atoms with E-state index in [1.54, 1.807) is 0 Å². The predicted octanol–water partition coefficient (Wildman–Crippen LogP) is 3.29. The second-order valence-corrected chi connectivity index (χ2v) is 6.82. The van der Waals surface area contributed by atoms with Gasteiger partial charge in [-0.05, 0) is 31.0 Å². The van der Waals surface area contributed by atoms with Crippen LogP contribution in [0.5, 0.6) is 0 Å². The molecule has 1 aliphatic carbocycles. The summed E-state index contributed by atoms with van der Waals surface area (Å²) in [6.45, 7) is 5.46. The average Bonchev–Trinajstić information content (AvgIpc) is 3.05. The molecule has 3 N–H and O–H groups in total. The molecule has 0 amide bonds. The molecule has 1 aromatic carbocycles. The van der Waals surface area contributed by atoms with Gasteiger partial charge in [-0.1, -0.05) is 26.7 Å². The van der Waals surface area contributed by atoms with E-state index in [2.05, 4.69) is 24.5 Å². The standard InChI is InChI=1S/C17H25N3O/c1-12(2)16-19-14-9-13(18)5-6-15(14)20(16)10-17(11-21)7-3-4-8-17/h5-6,9,12,21H,3-4,7-8,10-11,18H2,1-2H3. The van der Waals surface area contributed by atoms with Crippen molar-refractivity contribution >= 4 is 16.7 Å². The van der Waals surface area contributed by atoms with Crippen molar-refractivity contribution in [2.45, 2.75) is 52.0 Å². The average molecular weight is 287 g/mol. The number of imidazole rings is 1. The molecule has 1 saturated carbocycles. The molecule has 3 rings (SSSR count). The van der Waals surface area contributed by atoms with E-state index >= 15 is 0 Å². The number of nitrogens with zero attached hydrogens (tertiary/aromatic N) is 2. The van der Waals surface area contributed by atoms with Gasteiger partial charge >= 0.3 is 0 Å². The summed E-state index contributed by atoms with van der Waals surface area (Å²) in [5, 5.41) is 9.91. The van der Waals surface area contributed by atoms with E-state index in [9.17, 15) is 5.11 Å². The number of nitrogens with two attached hydrogens (primary N) is 1. The van der Waals surface area contributed by atoms with Crippen LogP contribution in [0.1, 0.15) is 51.3 Å². The first-order chi connectivity index (χ1) is 10.0. The Morgan fingerprint density at radius 2 is 2.05 bits per heavy atom. The van der Waals surface area contributed by atoms with Gasteiger partial charge in [-0.15, -0.1) is 0 Å². The number of hydrogen-bond donors (Lipinski definition) is 2. The highest BCUT2D eigenvalue weighted by Gasteiger charge is 2.34. The third-order valence-corrected chi connectivity index (χ3v) is 4.81. The largest absolute Gasteiger partial charge is 0.399 e. The summed E-state index contributed by atoms with van der Waals surface area (Å²) in [7, 11) is 0.